The molecule has 0 unspecified atom stereocenters. The van der Waals surface area contributed by atoms with E-state index in [0.29, 0.717) is 13.1 Å². The second-order valence-corrected chi connectivity index (χ2v) is 5.52. The topological polar surface area (TPSA) is 89.8 Å². The molecule has 0 aliphatic carbocycles. The molecule has 132 valence electrons. The normalized spacial score (nSPS) is 10.3. The van der Waals surface area contributed by atoms with E-state index >= 15 is 0 Å². The van der Waals surface area contributed by atoms with Crippen LogP contribution in [0.25, 0.3) is 0 Å². The molecule has 1 aromatic carbocycles. The van der Waals surface area contributed by atoms with Gasteiger partial charge in [-0.05, 0) is 18.9 Å². The fourth-order valence-corrected chi connectivity index (χ4v) is 2.27. The van der Waals surface area contributed by atoms with E-state index in [9.17, 15) is 19.7 Å². The number of carbonyl (C=O) groups excluding carboxylic acids is 2. The summed E-state index contributed by atoms with van der Waals surface area (Å²) in [5.41, 5.74) is -0.162. The van der Waals surface area contributed by atoms with Crippen molar-refractivity contribution < 1.29 is 19.2 Å². The Hall–Kier alpha value is -2.44. The minimum absolute atomic E-state index is 0.000910. The van der Waals surface area contributed by atoms with Gasteiger partial charge in [0.25, 0.3) is 11.6 Å². The third kappa shape index (κ3) is 5.33. The van der Waals surface area contributed by atoms with Gasteiger partial charge in [-0.3, -0.25) is 14.9 Å². The highest BCUT2D eigenvalue weighted by Crippen LogP contribution is 2.20. The Bertz CT molecular complexity index is 593. The van der Waals surface area contributed by atoms with Gasteiger partial charge in [0.05, 0.1) is 17.6 Å². The molecule has 1 aromatic rings. The number of nitrogens with zero attached hydrogens (tertiary/aromatic N) is 2. The van der Waals surface area contributed by atoms with E-state index in [4.69, 9.17) is 0 Å². The highest BCUT2D eigenvalue weighted by atomic mass is 16.6. The van der Waals surface area contributed by atoms with Crippen LogP contribution < -0.4 is 0 Å². The van der Waals surface area contributed by atoms with Crippen LogP contribution in [0.1, 0.15) is 60.2 Å². The fraction of sp³-hybridized carbons (Fsp3) is 0.529. The van der Waals surface area contributed by atoms with E-state index in [1.807, 2.05) is 13.8 Å². The van der Waals surface area contributed by atoms with E-state index in [2.05, 4.69) is 4.74 Å². The molecule has 0 radical (unpaired) electrons. The fourth-order valence-electron chi connectivity index (χ4n) is 2.27. The number of rotatable bonds is 9. The average molecular weight is 336 g/mol. The summed E-state index contributed by atoms with van der Waals surface area (Å²) in [6.45, 7) is 5.24. The zero-order valence-electron chi connectivity index (χ0n) is 14.4. The summed E-state index contributed by atoms with van der Waals surface area (Å²) >= 11 is 0. The molecule has 1 amide bonds. The Morgan fingerprint density at radius 2 is 1.62 bits per heavy atom. The summed E-state index contributed by atoms with van der Waals surface area (Å²) in [7, 11) is 1.19. The molecule has 0 aliphatic rings. The van der Waals surface area contributed by atoms with E-state index in [1.54, 1.807) is 4.90 Å². The van der Waals surface area contributed by atoms with E-state index in [-0.39, 0.29) is 22.7 Å². The number of ether oxygens (including phenoxy) is 1. The average Bonchev–Trinajstić information content (AvgIpc) is 2.60. The van der Waals surface area contributed by atoms with Crippen LogP contribution in [0.4, 0.5) is 5.69 Å². The third-order valence-electron chi connectivity index (χ3n) is 3.65. The maximum Gasteiger partial charge on any atom is 0.338 e. The molecule has 7 heteroatoms. The highest BCUT2D eigenvalue weighted by molar-refractivity contribution is 5.99. The van der Waals surface area contributed by atoms with Crippen LogP contribution in [0.5, 0.6) is 0 Å². The Kier molecular flexibility index (Phi) is 7.88. The number of amides is 1. The SMILES string of the molecule is CCCCN(CCCC)C(=O)c1cc(C(=O)OC)cc([N+](=O)[O-])c1. The van der Waals surface area contributed by atoms with Gasteiger partial charge in [-0.15, -0.1) is 0 Å². The molecule has 0 aromatic heterocycles. The first-order valence-corrected chi connectivity index (χ1v) is 8.11. The third-order valence-corrected chi connectivity index (χ3v) is 3.65. The van der Waals surface area contributed by atoms with Crippen LogP contribution in [0.2, 0.25) is 0 Å². The first-order valence-electron chi connectivity index (χ1n) is 8.11. The van der Waals surface area contributed by atoms with Crippen LogP contribution in [0, 0.1) is 10.1 Å². The molecule has 0 saturated heterocycles. The van der Waals surface area contributed by atoms with Gasteiger partial charge in [0.15, 0.2) is 0 Å². The molecule has 1 rings (SSSR count). The lowest BCUT2D eigenvalue weighted by Gasteiger charge is -2.22. The molecule has 0 spiro atoms. The zero-order chi connectivity index (χ0) is 18.1. The quantitative estimate of drug-likeness (QED) is 0.391. The predicted octanol–water partition coefficient (Wildman–Crippen LogP) is 3.42. The number of nitro groups is 1. The molecule has 7 nitrogen and oxygen atoms in total. The van der Waals surface area contributed by atoms with Gasteiger partial charge < -0.3 is 9.64 Å². The van der Waals surface area contributed by atoms with Crippen molar-refractivity contribution in [2.45, 2.75) is 39.5 Å². The molecule has 0 bridgehead atoms. The molecular formula is C17H24N2O5. The van der Waals surface area contributed by atoms with Crippen molar-refractivity contribution in [1.82, 2.24) is 4.90 Å². The number of nitro benzene ring substituents is 1. The second kappa shape index (κ2) is 9.64. The van der Waals surface area contributed by atoms with Crippen molar-refractivity contribution in [2.75, 3.05) is 20.2 Å². The van der Waals surface area contributed by atoms with E-state index < -0.39 is 10.9 Å². The number of unbranched alkanes of at least 4 members (excludes halogenated alkanes) is 2. The van der Waals surface area contributed by atoms with Gasteiger partial charge in [0.1, 0.15) is 0 Å². The number of methoxy groups -OCH3 is 1. The van der Waals surface area contributed by atoms with E-state index in [0.717, 1.165) is 31.7 Å². The second-order valence-electron chi connectivity index (χ2n) is 5.52. The summed E-state index contributed by atoms with van der Waals surface area (Å²) in [6, 6.07) is 3.68. The Labute approximate surface area is 141 Å². The molecule has 0 N–H and O–H groups in total. The number of non-ortho nitro benzene ring substituents is 1. The van der Waals surface area contributed by atoms with Crippen molar-refractivity contribution in [1.29, 1.82) is 0 Å². The Morgan fingerprint density at radius 3 is 2.08 bits per heavy atom. The number of carbonyl (C=O) groups is 2. The first kappa shape index (κ1) is 19.6. The van der Waals surface area contributed by atoms with Crippen molar-refractivity contribution in [3.63, 3.8) is 0 Å². The maximum atomic E-state index is 12.7. The Balaban J connectivity index is 3.19. The number of hydrogen-bond acceptors (Lipinski definition) is 5. The number of esters is 1. The van der Waals surface area contributed by atoms with Gasteiger partial charge in [-0.25, -0.2) is 4.79 Å². The van der Waals surface area contributed by atoms with Crippen molar-refractivity contribution >= 4 is 17.6 Å². The monoisotopic (exact) mass is 336 g/mol. The molecular weight excluding hydrogens is 312 g/mol. The van der Waals surface area contributed by atoms with Gasteiger partial charge in [-0.2, -0.15) is 0 Å². The van der Waals surface area contributed by atoms with Crippen molar-refractivity contribution in [3.8, 4) is 0 Å². The van der Waals surface area contributed by atoms with Crippen molar-refractivity contribution in [2.24, 2.45) is 0 Å². The summed E-state index contributed by atoms with van der Waals surface area (Å²) in [6.07, 6.45) is 3.60. The van der Waals surface area contributed by atoms with Gasteiger partial charge in [0, 0.05) is 30.8 Å². The van der Waals surface area contributed by atoms with Crippen LogP contribution in [-0.4, -0.2) is 41.9 Å². The molecule has 0 heterocycles. The van der Waals surface area contributed by atoms with Crippen LogP contribution in [0.15, 0.2) is 18.2 Å². The highest BCUT2D eigenvalue weighted by Gasteiger charge is 2.21. The van der Waals surface area contributed by atoms with Crippen molar-refractivity contribution in [3.05, 3.63) is 39.4 Å². The summed E-state index contributed by atoms with van der Waals surface area (Å²) in [5, 5.41) is 11.1. The van der Waals surface area contributed by atoms with Crippen LogP contribution in [0.3, 0.4) is 0 Å². The molecule has 24 heavy (non-hydrogen) atoms. The van der Waals surface area contributed by atoms with Gasteiger partial charge in [0.2, 0.25) is 0 Å². The zero-order valence-corrected chi connectivity index (χ0v) is 14.4. The molecule has 0 saturated carbocycles. The molecule has 0 atom stereocenters. The summed E-state index contributed by atoms with van der Waals surface area (Å²) < 4.78 is 4.61. The smallest absolute Gasteiger partial charge is 0.338 e. The van der Waals surface area contributed by atoms with Gasteiger partial charge >= 0.3 is 5.97 Å². The largest absolute Gasteiger partial charge is 0.465 e. The molecule has 0 aliphatic heterocycles. The van der Waals surface area contributed by atoms with E-state index in [1.165, 1.54) is 19.2 Å². The minimum atomic E-state index is -0.707. The Morgan fingerprint density at radius 1 is 1.08 bits per heavy atom. The lowest BCUT2D eigenvalue weighted by atomic mass is 10.1. The number of hydrogen-bond donors (Lipinski definition) is 0. The van der Waals surface area contributed by atoms with Gasteiger partial charge in [-0.1, -0.05) is 26.7 Å². The predicted molar refractivity (Wildman–Crippen MR) is 90.2 cm³/mol. The lowest BCUT2D eigenvalue weighted by molar-refractivity contribution is -0.384. The van der Waals surface area contributed by atoms with Crippen LogP contribution >= 0.6 is 0 Å². The summed E-state index contributed by atoms with van der Waals surface area (Å²) in [5.74, 6) is -1.01. The lowest BCUT2D eigenvalue weighted by Crippen LogP contribution is -2.33. The standard InChI is InChI=1S/C17H24N2O5/c1-4-6-8-18(9-7-5-2)16(20)13-10-14(17(21)24-3)12-15(11-13)19(22)23/h10-12H,4-9H2,1-3H3. The minimum Gasteiger partial charge on any atom is -0.465 e. The molecule has 0 fully saturated rings. The first-order chi connectivity index (χ1) is 11.4. The summed E-state index contributed by atoms with van der Waals surface area (Å²) in [4.78, 5) is 36.6. The maximum absolute atomic E-state index is 12.7. The number of benzene rings is 1. The van der Waals surface area contributed by atoms with Crippen LogP contribution in [-0.2, 0) is 4.74 Å².